The maximum absolute atomic E-state index is 11.7. The lowest BCUT2D eigenvalue weighted by atomic mass is 10.2. The van der Waals surface area contributed by atoms with Gasteiger partial charge in [-0.3, -0.25) is 0 Å². The smallest absolute Gasteiger partial charge is 0.211 e. The highest BCUT2D eigenvalue weighted by Crippen LogP contribution is 1.98. The van der Waals surface area contributed by atoms with E-state index in [-0.39, 0.29) is 5.75 Å². The third kappa shape index (κ3) is 11.6. The van der Waals surface area contributed by atoms with Crippen molar-refractivity contribution in [1.82, 2.24) is 14.9 Å². The van der Waals surface area contributed by atoms with Crippen molar-refractivity contribution in [1.29, 1.82) is 0 Å². The van der Waals surface area contributed by atoms with Crippen molar-refractivity contribution < 1.29 is 8.42 Å². The molecule has 0 saturated heterocycles. The minimum Gasteiger partial charge on any atom is -0.314 e. The number of rotatable bonds is 12. The van der Waals surface area contributed by atoms with Gasteiger partial charge in [-0.05, 0) is 53.2 Å². The van der Waals surface area contributed by atoms with Crippen LogP contribution in [0.2, 0.25) is 0 Å². The van der Waals surface area contributed by atoms with Crippen molar-refractivity contribution in [3.05, 3.63) is 0 Å². The molecular formula is C14H33N3O2S. The van der Waals surface area contributed by atoms with E-state index in [4.69, 9.17) is 0 Å². The molecule has 0 fully saturated rings. The van der Waals surface area contributed by atoms with Gasteiger partial charge in [-0.2, -0.15) is 0 Å². The first-order valence-corrected chi connectivity index (χ1v) is 9.31. The Balaban J connectivity index is 3.62. The van der Waals surface area contributed by atoms with Crippen LogP contribution in [0.1, 0.15) is 47.0 Å². The van der Waals surface area contributed by atoms with E-state index in [1.54, 1.807) is 0 Å². The molecule has 0 amide bonds. The third-order valence-electron chi connectivity index (χ3n) is 3.28. The quantitative estimate of drug-likeness (QED) is 0.535. The zero-order valence-corrected chi connectivity index (χ0v) is 14.6. The average molecular weight is 308 g/mol. The standard InChI is InChI=1S/C14H33N3O2S/c1-13(2)15-9-8-12-20(18,19)16-10-6-7-11-17(5)14(3)4/h13-16H,6-12H2,1-5H3. The van der Waals surface area contributed by atoms with E-state index in [0.717, 1.165) is 25.9 Å². The van der Waals surface area contributed by atoms with E-state index in [9.17, 15) is 8.42 Å². The summed E-state index contributed by atoms with van der Waals surface area (Å²) in [5.41, 5.74) is 0. The molecule has 6 heteroatoms. The predicted molar refractivity (Wildman–Crippen MR) is 86.5 cm³/mol. The summed E-state index contributed by atoms with van der Waals surface area (Å²) in [5.74, 6) is 0.207. The number of nitrogens with one attached hydrogen (secondary N) is 2. The lowest BCUT2D eigenvalue weighted by Crippen LogP contribution is -2.31. The van der Waals surface area contributed by atoms with Gasteiger partial charge in [0.2, 0.25) is 10.0 Å². The summed E-state index contributed by atoms with van der Waals surface area (Å²) in [5, 5.41) is 3.22. The summed E-state index contributed by atoms with van der Waals surface area (Å²) in [6, 6.07) is 0.948. The highest BCUT2D eigenvalue weighted by atomic mass is 32.2. The fourth-order valence-corrected chi connectivity index (χ4v) is 2.82. The van der Waals surface area contributed by atoms with Crippen LogP contribution in [-0.4, -0.2) is 57.8 Å². The largest absolute Gasteiger partial charge is 0.314 e. The van der Waals surface area contributed by atoms with Gasteiger partial charge in [0.1, 0.15) is 0 Å². The van der Waals surface area contributed by atoms with Gasteiger partial charge in [0, 0.05) is 18.6 Å². The molecule has 0 heterocycles. The van der Waals surface area contributed by atoms with Crippen LogP contribution in [0.5, 0.6) is 0 Å². The molecule has 0 rings (SSSR count). The van der Waals surface area contributed by atoms with Crippen molar-refractivity contribution >= 4 is 10.0 Å². The van der Waals surface area contributed by atoms with E-state index >= 15 is 0 Å². The Kier molecular flexibility index (Phi) is 10.5. The van der Waals surface area contributed by atoms with Crippen LogP contribution in [0.3, 0.4) is 0 Å². The van der Waals surface area contributed by atoms with Gasteiger partial charge in [0.25, 0.3) is 0 Å². The van der Waals surface area contributed by atoms with E-state index in [1.807, 2.05) is 0 Å². The van der Waals surface area contributed by atoms with Gasteiger partial charge in [0.05, 0.1) is 5.75 Å². The number of nitrogens with zero attached hydrogens (tertiary/aromatic N) is 1. The molecule has 0 aliphatic rings. The SMILES string of the molecule is CC(C)NCCCS(=O)(=O)NCCCCN(C)C(C)C. The van der Waals surface area contributed by atoms with Crippen molar-refractivity contribution in [3.8, 4) is 0 Å². The van der Waals surface area contributed by atoms with Crippen LogP contribution in [0.15, 0.2) is 0 Å². The van der Waals surface area contributed by atoms with Gasteiger partial charge in [0.15, 0.2) is 0 Å². The summed E-state index contributed by atoms with van der Waals surface area (Å²) in [6.45, 7) is 10.7. The summed E-state index contributed by atoms with van der Waals surface area (Å²) < 4.78 is 26.1. The first-order chi connectivity index (χ1) is 9.24. The molecule has 0 spiro atoms. The highest BCUT2D eigenvalue weighted by Gasteiger charge is 2.09. The molecule has 0 unspecified atom stereocenters. The van der Waals surface area contributed by atoms with E-state index in [2.05, 4.69) is 49.7 Å². The monoisotopic (exact) mass is 307 g/mol. The summed E-state index contributed by atoms with van der Waals surface area (Å²) in [6.07, 6.45) is 2.57. The van der Waals surface area contributed by atoms with Gasteiger partial charge >= 0.3 is 0 Å². The molecule has 0 saturated carbocycles. The molecule has 2 N–H and O–H groups in total. The molecule has 0 bridgehead atoms. The molecule has 0 aliphatic heterocycles. The molecule has 0 atom stereocenters. The Morgan fingerprint density at radius 3 is 2.20 bits per heavy atom. The Labute approximate surface area is 125 Å². The minimum atomic E-state index is -3.10. The van der Waals surface area contributed by atoms with Gasteiger partial charge < -0.3 is 10.2 Å². The van der Waals surface area contributed by atoms with Crippen LogP contribution in [0.4, 0.5) is 0 Å². The summed E-state index contributed by atoms with van der Waals surface area (Å²) >= 11 is 0. The maximum Gasteiger partial charge on any atom is 0.211 e. The zero-order chi connectivity index (χ0) is 15.6. The fourth-order valence-electron chi connectivity index (χ4n) is 1.70. The van der Waals surface area contributed by atoms with E-state index in [0.29, 0.717) is 25.0 Å². The first kappa shape index (κ1) is 19.8. The Bertz CT molecular complexity index is 329. The summed E-state index contributed by atoms with van der Waals surface area (Å²) in [7, 11) is -1.01. The van der Waals surface area contributed by atoms with Gasteiger partial charge in [-0.25, -0.2) is 13.1 Å². The Morgan fingerprint density at radius 2 is 1.65 bits per heavy atom. The Hall–Kier alpha value is -0.170. The van der Waals surface area contributed by atoms with Crippen molar-refractivity contribution in [2.45, 2.75) is 59.0 Å². The molecule has 122 valence electrons. The number of sulfonamides is 1. The fraction of sp³-hybridized carbons (Fsp3) is 1.00. The predicted octanol–water partition coefficient (Wildman–Crippen LogP) is 1.41. The Morgan fingerprint density at radius 1 is 1.00 bits per heavy atom. The highest BCUT2D eigenvalue weighted by molar-refractivity contribution is 7.89. The van der Waals surface area contributed by atoms with E-state index < -0.39 is 10.0 Å². The number of hydrogen-bond donors (Lipinski definition) is 2. The van der Waals surface area contributed by atoms with Crippen LogP contribution < -0.4 is 10.0 Å². The molecular weight excluding hydrogens is 274 g/mol. The minimum absolute atomic E-state index is 0.207. The molecule has 5 nitrogen and oxygen atoms in total. The first-order valence-electron chi connectivity index (χ1n) is 7.65. The second-order valence-corrected chi connectivity index (χ2v) is 7.88. The molecule has 20 heavy (non-hydrogen) atoms. The van der Waals surface area contributed by atoms with Crippen molar-refractivity contribution in [3.63, 3.8) is 0 Å². The van der Waals surface area contributed by atoms with Crippen LogP contribution in [0.25, 0.3) is 0 Å². The molecule has 0 radical (unpaired) electrons. The topological polar surface area (TPSA) is 61.4 Å². The molecule has 0 aromatic carbocycles. The average Bonchev–Trinajstić information content (AvgIpc) is 2.33. The van der Waals surface area contributed by atoms with Crippen molar-refractivity contribution in [2.24, 2.45) is 0 Å². The van der Waals surface area contributed by atoms with Crippen LogP contribution in [-0.2, 0) is 10.0 Å². The van der Waals surface area contributed by atoms with Gasteiger partial charge in [-0.15, -0.1) is 0 Å². The number of hydrogen-bond acceptors (Lipinski definition) is 4. The second-order valence-electron chi connectivity index (χ2n) is 5.96. The summed E-state index contributed by atoms with van der Waals surface area (Å²) in [4.78, 5) is 2.27. The normalized spacial score (nSPS) is 12.8. The van der Waals surface area contributed by atoms with Gasteiger partial charge in [-0.1, -0.05) is 13.8 Å². The van der Waals surface area contributed by atoms with Crippen molar-refractivity contribution in [2.75, 3.05) is 32.4 Å². The lowest BCUT2D eigenvalue weighted by molar-refractivity contribution is 0.268. The lowest BCUT2D eigenvalue weighted by Gasteiger charge is -2.20. The third-order valence-corrected chi connectivity index (χ3v) is 4.75. The van der Waals surface area contributed by atoms with E-state index in [1.165, 1.54) is 0 Å². The van der Waals surface area contributed by atoms with Crippen LogP contribution in [0, 0.1) is 0 Å². The molecule has 0 aromatic rings. The zero-order valence-electron chi connectivity index (χ0n) is 13.8. The molecule has 0 aromatic heterocycles. The molecule has 0 aliphatic carbocycles. The second kappa shape index (κ2) is 10.5. The maximum atomic E-state index is 11.7. The number of unbranched alkanes of at least 4 members (excludes halogenated alkanes) is 1. The van der Waals surface area contributed by atoms with Crippen LogP contribution >= 0.6 is 0 Å².